The number of anilines is 2. The number of imidazole rings is 1. The highest BCUT2D eigenvalue weighted by molar-refractivity contribution is 5.70. The van der Waals surface area contributed by atoms with Crippen LogP contribution in [0.3, 0.4) is 0 Å². The molecule has 0 amide bonds. The van der Waals surface area contributed by atoms with Crippen LogP contribution in [0.4, 0.5) is 11.6 Å². The zero-order valence-corrected chi connectivity index (χ0v) is 18.5. The zero-order chi connectivity index (χ0) is 22.4. The first-order valence-corrected chi connectivity index (χ1v) is 10.7. The maximum atomic E-state index is 13.5. The molecule has 0 aliphatic carbocycles. The predicted octanol–water partition coefficient (Wildman–Crippen LogP) is 2.22. The molecule has 164 valence electrons. The Labute approximate surface area is 184 Å². The molecule has 4 aromatic rings. The Morgan fingerprint density at radius 1 is 1.12 bits per heavy atom. The van der Waals surface area contributed by atoms with E-state index in [1.807, 2.05) is 60.0 Å². The van der Waals surface area contributed by atoms with Gasteiger partial charge in [-0.05, 0) is 36.8 Å². The molecule has 8 heteroatoms. The van der Waals surface area contributed by atoms with Crippen molar-refractivity contribution in [2.24, 2.45) is 7.05 Å². The molecule has 0 bridgehead atoms. The van der Waals surface area contributed by atoms with Crippen molar-refractivity contribution in [2.75, 3.05) is 18.6 Å². The summed E-state index contributed by atoms with van der Waals surface area (Å²) in [4.78, 5) is 32.1. The molecular weight excluding hydrogens is 406 g/mol. The van der Waals surface area contributed by atoms with Gasteiger partial charge in [0.1, 0.15) is 11.4 Å². The van der Waals surface area contributed by atoms with Crippen LogP contribution < -0.4 is 25.5 Å². The number of ether oxygens (including phenoxy) is 1. The second-order valence-corrected chi connectivity index (χ2v) is 8.22. The molecule has 1 aliphatic heterocycles. The molecule has 8 nitrogen and oxygen atoms in total. The van der Waals surface area contributed by atoms with E-state index in [-0.39, 0.29) is 17.8 Å². The first-order chi connectivity index (χ1) is 15.5. The van der Waals surface area contributed by atoms with Crippen molar-refractivity contribution in [3.8, 4) is 5.75 Å². The summed E-state index contributed by atoms with van der Waals surface area (Å²) in [6.45, 7) is 3.76. The minimum Gasteiger partial charge on any atom is -0.497 e. The number of nitrogens with one attached hydrogen (secondary N) is 1. The van der Waals surface area contributed by atoms with Crippen LogP contribution in [0.5, 0.6) is 5.75 Å². The minimum atomic E-state index is -0.334. The molecule has 0 spiro atoms. The molecule has 0 radical (unpaired) electrons. The van der Waals surface area contributed by atoms with Gasteiger partial charge in [0.05, 0.1) is 26.7 Å². The Bertz CT molecular complexity index is 1430. The maximum Gasteiger partial charge on any atom is 0.364 e. The van der Waals surface area contributed by atoms with E-state index in [4.69, 9.17) is 4.74 Å². The molecule has 0 unspecified atom stereocenters. The fourth-order valence-electron chi connectivity index (χ4n) is 4.49. The van der Waals surface area contributed by atoms with Gasteiger partial charge >= 0.3 is 11.6 Å². The molecular formula is C24H26N5O3+. The number of fused-ring (bicyclic) bond motifs is 3. The van der Waals surface area contributed by atoms with Crippen molar-refractivity contribution in [3.63, 3.8) is 0 Å². The van der Waals surface area contributed by atoms with Gasteiger partial charge in [-0.15, -0.1) is 0 Å². The molecule has 2 aromatic carbocycles. The van der Waals surface area contributed by atoms with Crippen molar-refractivity contribution in [1.82, 2.24) is 14.1 Å². The molecule has 32 heavy (non-hydrogen) atoms. The van der Waals surface area contributed by atoms with Gasteiger partial charge in [0.2, 0.25) is 11.2 Å². The molecule has 1 aliphatic rings. The summed E-state index contributed by atoms with van der Waals surface area (Å²) in [7, 11) is 3.35. The average Bonchev–Trinajstić information content (AvgIpc) is 3.21. The lowest BCUT2D eigenvalue weighted by atomic mass is 10.1. The van der Waals surface area contributed by atoms with Crippen LogP contribution >= 0.6 is 0 Å². The van der Waals surface area contributed by atoms with Gasteiger partial charge in [-0.25, -0.2) is 19.2 Å². The van der Waals surface area contributed by atoms with Crippen molar-refractivity contribution in [2.45, 2.75) is 26.4 Å². The largest absolute Gasteiger partial charge is 0.497 e. The van der Waals surface area contributed by atoms with Crippen molar-refractivity contribution in [3.05, 3.63) is 80.5 Å². The number of aromatic amines is 1. The predicted molar refractivity (Wildman–Crippen MR) is 123 cm³/mol. The summed E-state index contributed by atoms with van der Waals surface area (Å²) in [6.07, 6.45) is 0.886. The van der Waals surface area contributed by atoms with E-state index in [1.165, 1.54) is 9.13 Å². The highest BCUT2D eigenvalue weighted by Crippen LogP contribution is 2.27. The van der Waals surface area contributed by atoms with Gasteiger partial charge in [0.15, 0.2) is 0 Å². The second kappa shape index (κ2) is 7.71. The summed E-state index contributed by atoms with van der Waals surface area (Å²) < 4.78 is 10.1. The Hall–Kier alpha value is -3.81. The van der Waals surface area contributed by atoms with Crippen LogP contribution in [-0.2, 0) is 20.1 Å². The monoisotopic (exact) mass is 432 g/mol. The van der Waals surface area contributed by atoms with Gasteiger partial charge in [0.25, 0.3) is 5.56 Å². The molecule has 0 saturated heterocycles. The molecule has 2 aromatic heterocycles. The number of hydrogen-bond acceptors (Lipinski definition) is 4. The van der Waals surface area contributed by atoms with Crippen LogP contribution in [0.15, 0.2) is 58.1 Å². The van der Waals surface area contributed by atoms with Crippen LogP contribution in [0.1, 0.15) is 17.5 Å². The standard InChI is InChI=1S/C24H25N5O3/c1-16-6-4-7-17(14-16)15-29-22(30)20-21(26(2)24(29)31)25-23-27(12-5-13-28(20)23)18-8-10-19(32-3)11-9-18/h4,6-11,14H,5,12-13,15H2,1-3H3/p+1. The Morgan fingerprint density at radius 3 is 2.62 bits per heavy atom. The van der Waals surface area contributed by atoms with Gasteiger partial charge in [-0.1, -0.05) is 29.8 Å². The number of hydrogen-bond donors (Lipinski definition) is 1. The van der Waals surface area contributed by atoms with Crippen LogP contribution in [0.2, 0.25) is 0 Å². The van der Waals surface area contributed by atoms with Crippen molar-refractivity contribution < 1.29 is 9.30 Å². The maximum absolute atomic E-state index is 13.5. The van der Waals surface area contributed by atoms with E-state index in [0.717, 1.165) is 41.5 Å². The summed E-state index contributed by atoms with van der Waals surface area (Å²) in [5, 5.41) is 0. The normalized spacial score (nSPS) is 13.4. The first kappa shape index (κ1) is 20.1. The third-order valence-electron chi connectivity index (χ3n) is 6.11. The summed E-state index contributed by atoms with van der Waals surface area (Å²) in [5.41, 5.74) is 3.47. The third kappa shape index (κ3) is 3.19. The topological polar surface area (TPSA) is 76.1 Å². The smallest absolute Gasteiger partial charge is 0.364 e. The van der Waals surface area contributed by atoms with Crippen LogP contribution in [0.25, 0.3) is 11.2 Å². The quantitative estimate of drug-likeness (QED) is 0.502. The second-order valence-electron chi connectivity index (χ2n) is 8.22. The molecule has 5 rings (SSSR count). The Morgan fingerprint density at radius 2 is 1.91 bits per heavy atom. The molecule has 0 saturated carbocycles. The summed E-state index contributed by atoms with van der Waals surface area (Å²) in [5.74, 6) is 1.59. The molecule has 3 heterocycles. The number of aryl methyl sites for hydroxylation is 3. The van der Waals surface area contributed by atoms with E-state index >= 15 is 0 Å². The lowest BCUT2D eigenvalue weighted by Gasteiger charge is -2.22. The summed E-state index contributed by atoms with van der Waals surface area (Å²) in [6, 6.07) is 15.7. The lowest BCUT2D eigenvalue weighted by molar-refractivity contribution is -0.663. The van der Waals surface area contributed by atoms with Gasteiger partial charge < -0.3 is 4.74 Å². The minimum absolute atomic E-state index is 0.242. The Balaban J connectivity index is 1.67. The van der Waals surface area contributed by atoms with E-state index < -0.39 is 0 Å². The number of H-pyrrole nitrogens is 1. The fourth-order valence-corrected chi connectivity index (χ4v) is 4.49. The van der Waals surface area contributed by atoms with Crippen molar-refractivity contribution >= 4 is 22.8 Å². The lowest BCUT2D eigenvalue weighted by Crippen LogP contribution is -2.49. The molecule has 1 N–H and O–H groups in total. The highest BCUT2D eigenvalue weighted by atomic mass is 16.5. The number of aromatic nitrogens is 4. The average molecular weight is 433 g/mol. The zero-order valence-electron chi connectivity index (χ0n) is 18.5. The Kier molecular flexibility index (Phi) is 4.84. The molecule has 0 atom stereocenters. The number of benzene rings is 2. The fraction of sp³-hybridized carbons (Fsp3) is 0.292. The van der Waals surface area contributed by atoms with E-state index in [1.54, 1.807) is 14.2 Å². The van der Waals surface area contributed by atoms with E-state index in [0.29, 0.717) is 17.7 Å². The highest BCUT2D eigenvalue weighted by Gasteiger charge is 2.33. The van der Waals surface area contributed by atoms with Gasteiger partial charge in [0, 0.05) is 13.5 Å². The van der Waals surface area contributed by atoms with Crippen LogP contribution in [-0.4, -0.2) is 27.8 Å². The van der Waals surface area contributed by atoms with Gasteiger partial charge in [-0.2, -0.15) is 0 Å². The summed E-state index contributed by atoms with van der Waals surface area (Å²) >= 11 is 0. The van der Waals surface area contributed by atoms with Crippen molar-refractivity contribution in [1.29, 1.82) is 0 Å². The van der Waals surface area contributed by atoms with E-state index in [2.05, 4.69) is 9.88 Å². The SMILES string of the molecule is COc1ccc(N2CCC[n+]3c2[nH]c2c3c(=O)n(Cc3cccc(C)c3)c(=O)n2C)cc1. The third-order valence-corrected chi connectivity index (χ3v) is 6.11. The van der Waals surface area contributed by atoms with Crippen LogP contribution in [0, 0.1) is 6.92 Å². The van der Waals surface area contributed by atoms with Gasteiger partial charge in [-0.3, -0.25) is 13.9 Å². The number of rotatable bonds is 4. The van der Waals surface area contributed by atoms with E-state index in [9.17, 15) is 9.59 Å². The number of methoxy groups -OCH3 is 1. The molecule has 0 fully saturated rings. The first-order valence-electron chi connectivity index (χ1n) is 10.7. The number of nitrogens with zero attached hydrogens (tertiary/aromatic N) is 4.